The highest BCUT2D eigenvalue weighted by Gasteiger charge is 2.16. The van der Waals surface area contributed by atoms with Crippen molar-refractivity contribution in [2.45, 2.75) is 13.0 Å². The first-order chi connectivity index (χ1) is 8.50. The monoisotopic (exact) mass is 299 g/mol. The molecule has 1 atom stereocenters. The maximum Gasteiger partial charge on any atom is 0.0643 e. The van der Waals surface area contributed by atoms with Crippen LogP contribution in [0.3, 0.4) is 0 Å². The first-order valence-electron chi connectivity index (χ1n) is 5.46. The first kappa shape index (κ1) is 13.7. The summed E-state index contributed by atoms with van der Waals surface area (Å²) in [4.78, 5) is 0. The molecule has 1 unspecified atom stereocenters. The molecule has 0 aliphatic carbocycles. The number of nitrogens with two attached hydrogens (primary N) is 1. The average molecular weight is 301 g/mol. The van der Waals surface area contributed by atoms with Crippen LogP contribution in [0.15, 0.2) is 36.4 Å². The van der Waals surface area contributed by atoms with E-state index in [1.54, 1.807) is 6.07 Å². The van der Waals surface area contributed by atoms with E-state index in [9.17, 15) is 0 Å². The summed E-state index contributed by atoms with van der Waals surface area (Å²) < 4.78 is 0. The van der Waals surface area contributed by atoms with Crippen LogP contribution >= 0.6 is 34.8 Å². The summed E-state index contributed by atoms with van der Waals surface area (Å²) >= 11 is 18.1. The van der Waals surface area contributed by atoms with Crippen LogP contribution in [0, 0.1) is 6.92 Å². The first-order valence-corrected chi connectivity index (χ1v) is 6.59. The van der Waals surface area contributed by atoms with Crippen LogP contribution in [-0.2, 0) is 0 Å². The van der Waals surface area contributed by atoms with Gasteiger partial charge < -0.3 is 5.73 Å². The van der Waals surface area contributed by atoms with Gasteiger partial charge in [-0.05, 0) is 41.8 Å². The van der Waals surface area contributed by atoms with Crippen molar-refractivity contribution in [3.05, 3.63) is 68.2 Å². The molecule has 0 radical (unpaired) electrons. The van der Waals surface area contributed by atoms with Gasteiger partial charge in [-0.2, -0.15) is 0 Å². The Morgan fingerprint density at radius 3 is 2.39 bits per heavy atom. The van der Waals surface area contributed by atoms with E-state index < -0.39 is 0 Å². The third-order valence-corrected chi connectivity index (χ3v) is 3.95. The minimum absolute atomic E-state index is 0.312. The molecule has 2 rings (SSSR count). The maximum absolute atomic E-state index is 6.25. The van der Waals surface area contributed by atoms with Crippen molar-refractivity contribution in [1.29, 1.82) is 0 Å². The van der Waals surface area contributed by atoms with Gasteiger partial charge in [0.2, 0.25) is 0 Å². The Morgan fingerprint density at radius 1 is 1.00 bits per heavy atom. The molecule has 0 amide bonds. The Morgan fingerprint density at radius 2 is 1.72 bits per heavy atom. The van der Waals surface area contributed by atoms with Crippen LogP contribution in [0.2, 0.25) is 15.1 Å². The number of rotatable bonds is 2. The Hall–Kier alpha value is -0.730. The van der Waals surface area contributed by atoms with Crippen molar-refractivity contribution in [2.24, 2.45) is 5.73 Å². The molecule has 4 heteroatoms. The molecule has 0 aliphatic heterocycles. The van der Waals surface area contributed by atoms with Gasteiger partial charge in [0.25, 0.3) is 0 Å². The lowest BCUT2D eigenvalue weighted by atomic mass is 9.96. The summed E-state index contributed by atoms with van der Waals surface area (Å²) in [7, 11) is 0. The molecule has 18 heavy (non-hydrogen) atoms. The Bertz CT molecular complexity index is 581. The minimum Gasteiger partial charge on any atom is -0.320 e. The van der Waals surface area contributed by atoms with Crippen molar-refractivity contribution < 1.29 is 0 Å². The second kappa shape index (κ2) is 5.50. The lowest BCUT2D eigenvalue weighted by Crippen LogP contribution is -2.13. The van der Waals surface area contributed by atoms with E-state index in [4.69, 9.17) is 40.5 Å². The van der Waals surface area contributed by atoms with Crippen LogP contribution in [0.5, 0.6) is 0 Å². The minimum atomic E-state index is -0.312. The molecule has 0 spiro atoms. The van der Waals surface area contributed by atoms with Crippen LogP contribution < -0.4 is 5.73 Å². The molecule has 0 fully saturated rings. The fraction of sp³-hybridized carbons (Fsp3) is 0.143. The zero-order valence-electron chi connectivity index (χ0n) is 9.75. The molecule has 1 nitrogen and oxygen atoms in total. The van der Waals surface area contributed by atoms with Crippen LogP contribution in [-0.4, -0.2) is 0 Å². The molecular formula is C14H12Cl3N. The van der Waals surface area contributed by atoms with Crippen LogP contribution in [0.4, 0.5) is 0 Å². The molecule has 0 heterocycles. The van der Waals surface area contributed by atoms with Crippen LogP contribution in [0.1, 0.15) is 22.7 Å². The van der Waals surface area contributed by atoms with E-state index in [2.05, 4.69) is 0 Å². The van der Waals surface area contributed by atoms with Gasteiger partial charge >= 0.3 is 0 Å². The largest absolute Gasteiger partial charge is 0.320 e. The SMILES string of the molecule is Cc1cc(Cl)ccc1C(N)c1cccc(Cl)c1Cl. The Kier molecular flexibility index (Phi) is 4.18. The fourth-order valence-electron chi connectivity index (χ4n) is 1.92. The number of benzene rings is 2. The van der Waals surface area contributed by atoms with Gasteiger partial charge in [0.1, 0.15) is 0 Å². The molecule has 0 aliphatic rings. The van der Waals surface area contributed by atoms with E-state index >= 15 is 0 Å². The number of halogens is 3. The van der Waals surface area contributed by atoms with Gasteiger partial charge in [-0.15, -0.1) is 0 Å². The summed E-state index contributed by atoms with van der Waals surface area (Å²) in [6.07, 6.45) is 0. The highest BCUT2D eigenvalue weighted by molar-refractivity contribution is 6.42. The highest BCUT2D eigenvalue weighted by Crippen LogP contribution is 2.33. The zero-order valence-corrected chi connectivity index (χ0v) is 12.0. The Labute approximate surface area is 121 Å². The second-order valence-electron chi connectivity index (χ2n) is 4.12. The topological polar surface area (TPSA) is 26.0 Å². The summed E-state index contributed by atoms with van der Waals surface area (Å²) in [5.74, 6) is 0. The van der Waals surface area contributed by atoms with E-state index in [0.717, 1.165) is 16.7 Å². The molecule has 2 N–H and O–H groups in total. The summed E-state index contributed by atoms with van der Waals surface area (Å²) in [6, 6.07) is 10.8. The highest BCUT2D eigenvalue weighted by atomic mass is 35.5. The summed E-state index contributed by atoms with van der Waals surface area (Å²) in [5.41, 5.74) is 9.09. The van der Waals surface area contributed by atoms with Gasteiger partial charge in [-0.25, -0.2) is 0 Å². The lowest BCUT2D eigenvalue weighted by Gasteiger charge is -2.17. The molecule has 2 aromatic carbocycles. The van der Waals surface area contributed by atoms with E-state index in [1.807, 2.05) is 37.3 Å². The third kappa shape index (κ3) is 2.65. The maximum atomic E-state index is 6.25. The molecule has 0 aromatic heterocycles. The molecular weight excluding hydrogens is 289 g/mol. The normalized spacial score (nSPS) is 12.5. The van der Waals surface area contributed by atoms with Crippen molar-refractivity contribution in [1.82, 2.24) is 0 Å². The molecule has 0 saturated carbocycles. The predicted octanol–water partition coefficient (Wildman–Crippen LogP) is 5.00. The third-order valence-electron chi connectivity index (χ3n) is 2.88. The number of aryl methyl sites for hydroxylation is 1. The van der Waals surface area contributed by atoms with Gasteiger partial charge in [-0.3, -0.25) is 0 Å². The molecule has 0 bridgehead atoms. The van der Waals surface area contributed by atoms with Gasteiger partial charge in [0.05, 0.1) is 16.1 Å². The quantitative estimate of drug-likeness (QED) is 0.829. The van der Waals surface area contributed by atoms with Gasteiger partial charge in [0.15, 0.2) is 0 Å². The lowest BCUT2D eigenvalue weighted by molar-refractivity contribution is 0.862. The summed E-state index contributed by atoms with van der Waals surface area (Å²) in [5, 5.41) is 1.71. The van der Waals surface area contributed by atoms with Crippen molar-refractivity contribution in [3.63, 3.8) is 0 Å². The van der Waals surface area contributed by atoms with Crippen molar-refractivity contribution >= 4 is 34.8 Å². The van der Waals surface area contributed by atoms with Crippen molar-refractivity contribution in [3.8, 4) is 0 Å². The van der Waals surface area contributed by atoms with Crippen molar-refractivity contribution in [2.75, 3.05) is 0 Å². The average Bonchev–Trinajstić information content (AvgIpc) is 2.32. The van der Waals surface area contributed by atoms with E-state index in [0.29, 0.717) is 15.1 Å². The van der Waals surface area contributed by atoms with E-state index in [-0.39, 0.29) is 6.04 Å². The zero-order chi connectivity index (χ0) is 13.3. The van der Waals surface area contributed by atoms with Gasteiger partial charge in [-0.1, -0.05) is 53.0 Å². The number of hydrogen-bond acceptors (Lipinski definition) is 1. The Balaban J connectivity index is 2.48. The molecule has 2 aromatic rings. The number of hydrogen-bond donors (Lipinski definition) is 1. The fourth-order valence-corrected chi connectivity index (χ4v) is 2.57. The van der Waals surface area contributed by atoms with Gasteiger partial charge in [0, 0.05) is 5.02 Å². The molecule has 0 saturated heterocycles. The predicted molar refractivity (Wildman–Crippen MR) is 78.7 cm³/mol. The standard InChI is InChI=1S/C14H12Cl3N/c1-8-7-9(15)5-6-10(8)14(18)11-3-2-4-12(16)13(11)17/h2-7,14H,18H2,1H3. The molecule has 94 valence electrons. The van der Waals surface area contributed by atoms with E-state index in [1.165, 1.54) is 0 Å². The second-order valence-corrected chi connectivity index (χ2v) is 5.34. The summed E-state index contributed by atoms with van der Waals surface area (Å²) in [6.45, 7) is 1.97. The van der Waals surface area contributed by atoms with Crippen LogP contribution in [0.25, 0.3) is 0 Å². The smallest absolute Gasteiger partial charge is 0.0643 e.